The second-order valence-corrected chi connectivity index (χ2v) is 8.70. The summed E-state index contributed by atoms with van der Waals surface area (Å²) in [5, 5.41) is 0.819. The Morgan fingerprint density at radius 2 is 1.88 bits per heavy atom. The molecule has 0 spiro atoms. The molecule has 2 aromatic carbocycles. The first-order chi connectivity index (χ1) is 11.6. The van der Waals surface area contributed by atoms with Gasteiger partial charge in [0.25, 0.3) is 0 Å². The molecule has 7 heteroatoms. The van der Waals surface area contributed by atoms with Crippen LogP contribution < -0.4 is 0 Å². The second-order valence-electron chi connectivity index (χ2n) is 5.75. The van der Waals surface area contributed by atoms with Gasteiger partial charge in [-0.05, 0) is 49.2 Å². The van der Waals surface area contributed by atoms with Gasteiger partial charge in [0.1, 0.15) is 10.8 Å². The molecule has 0 bridgehead atoms. The van der Waals surface area contributed by atoms with Gasteiger partial charge in [-0.3, -0.25) is 0 Å². The quantitative estimate of drug-likeness (QED) is 0.709. The van der Waals surface area contributed by atoms with E-state index in [1.165, 1.54) is 39.9 Å². The molecule has 24 heavy (non-hydrogen) atoms. The molecule has 4 nitrogen and oxygen atoms in total. The van der Waals surface area contributed by atoms with E-state index < -0.39 is 15.8 Å². The number of fused-ring (bicyclic) bond motifs is 1. The summed E-state index contributed by atoms with van der Waals surface area (Å²) in [5.74, 6) is -0.446. The lowest BCUT2D eigenvalue weighted by atomic mass is 10.2. The molecule has 0 N–H and O–H groups in total. The molecule has 1 atom stereocenters. The normalized spacial score (nSPS) is 19.1. The Bertz CT molecular complexity index is 950. The SMILES string of the molecule is O=S(=O)(c1ccc(F)cc1)N1CCC[C@H]1c1nc2ccccc2s1. The molecule has 1 fully saturated rings. The van der Waals surface area contributed by atoms with Crippen molar-refractivity contribution in [3.05, 3.63) is 59.4 Å². The molecule has 2 heterocycles. The number of halogens is 1. The number of benzene rings is 2. The van der Waals surface area contributed by atoms with Gasteiger partial charge in [0.2, 0.25) is 10.0 Å². The summed E-state index contributed by atoms with van der Waals surface area (Å²) in [7, 11) is -3.66. The molecule has 1 saturated heterocycles. The van der Waals surface area contributed by atoms with E-state index >= 15 is 0 Å². The van der Waals surface area contributed by atoms with Crippen molar-refractivity contribution in [3.8, 4) is 0 Å². The van der Waals surface area contributed by atoms with E-state index in [1.807, 2.05) is 24.3 Å². The third-order valence-electron chi connectivity index (χ3n) is 4.22. The van der Waals surface area contributed by atoms with Crippen molar-refractivity contribution in [2.24, 2.45) is 0 Å². The molecule has 0 unspecified atom stereocenters. The maximum absolute atomic E-state index is 13.1. The first-order valence-corrected chi connectivity index (χ1v) is 9.94. The van der Waals surface area contributed by atoms with Crippen LogP contribution in [-0.4, -0.2) is 24.3 Å². The monoisotopic (exact) mass is 362 g/mol. The number of nitrogens with zero attached hydrogens (tertiary/aromatic N) is 2. The number of hydrogen-bond donors (Lipinski definition) is 0. The van der Waals surface area contributed by atoms with Gasteiger partial charge >= 0.3 is 0 Å². The number of aromatic nitrogens is 1. The minimum absolute atomic E-state index is 0.122. The molecule has 0 aliphatic carbocycles. The zero-order valence-corrected chi connectivity index (χ0v) is 14.4. The Labute approximate surface area is 143 Å². The van der Waals surface area contributed by atoms with Crippen molar-refractivity contribution in [1.29, 1.82) is 0 Å². The molecule has 1 aliphatic heterocycles. The lowest BCUT2D eigenvalue weighted by Gasteiger charge is -2.22. The van der Waals surface area contributed by atoms with Crippen molar-refractivity contribution in [2.75, 3.05) is 6.54 Å². The Kier molecular flexibility index (Phi) is 3.86. The number of para-hydroxylation sites is 1. The molecule has 0 radical (unpaired) electrons. The topological polar surface area (TPSA) is 50.3 Å². The highest BCUT2D eigenvalue weighted by molar-refractivity contribution is 7.89. The summed E-state index contributed by atoms with van der Waals surface area (Å²) >= 11 is 1.53. The van der Waals surface area contributed by atoms with Gasteiger partial charge in [-0.1, -0.05) is 12.1 Å². The largest absolute Gasteiger partial charge is 0.243 e. The Morgan fingerprint density at radius 3 is 2.62 bits per heavy atom. The third-order valence-corrected chi connectivity index (χ3v) is 7.28. The minimum Gasteiger partial charge on any atom is -0.239 e. The second kappa shape index (κ2) is 5.91. The van der Waals surface area contributed by atoms with Crippen LogP contribution in [0.5, 0.6) is 0 Å². The van der Waals surface area contributed by atoms with Crippen molar-refractivity contribution in [1.82, 2.24) is 9.29 Å². The van der Waals surface area contributed by atoms with Crippen LogP contribution in [0, 0.1) is 5.82 Å². The van der Waals surface area contributed by atoms with Crippen LogP contribution in [-0.2, 0) is 10.0 Å². The summed E-state index contributed by atoms with van der Waals surface area (Å²) in [4.78, 5) is 4.74. The van der Waals surface area contributed by atoms with Crippen LogP contribution in [0.1, 0.15) is 23.9 Å². The molecule has 0 amide bonds. The van der Waals surface area contributed by atoms with Crippen molar-refractivity contribution >= 4 is 31.6 Å². The predicted octanol–water partition coefficient (Wildman–Crippen LogP) is 3.96. The number of rotatable bonds is 3. The maximum atomic E-state index is 13.1. The molecular formula is C17H15FN2O2S2. The van der Waals surface area contributed by atoms with Crippen molar-refractivity contribution < 1.29 is 12.8 Å². The zero-order chi connectivity index (χ0) is 16.7. The van der Waals surface area contributed by atoms with E-state index in [4.69, 9.17) is 0 Å². The minimum atomic E-state index is -3.66. The fraction of sp³-hybridized carbons (Fsp3) is 0.235. The van der Waals surface area contributed by atoms with Gasteiger partial charge in [-0.2, -0.15) is 4.31 Å². The highest BCUT2D eigenvalue weighted by Gasteiger charge is 2.37. The molecule has 1 aliphatic rings. The summed E-state index contributed by atoms with van der Waals surface area (Å²) in [6.45, 7) is 0.459. The van der Waals surface area contributed by atoms with E-state index in [-0.39, 0.29) is 10.9 Å². The van der Waals surface area contributed by atoms with Crippen LogP contribution in [0.15, 0.2) is 53.4 Å². The molecule has 124 valence electrons. The van der Waals surface area contributed by atoms with E-state index in [2.05, 4.69) is 4.98 Å². The zero-order valence-electron chi connectivity index (χ0n) is 12.7. The smallest absolute Gasteiger partial charge is 0.239 e. The Hall–Kier alpha value is -1.83. The highest BCUT2D eigenvalue weighted by Crippen LogP contribution is 2.39. The molecule has 4 rings (SSSR count). The first-order valence-electron chi connectivity index (χ1n) is 7.68. The summed E-state index contributed by atoms with van der Waals surface area (Å²) in [6.07, 6.45) is 1.54. The molecule has 0 saturated carbocycles. The standard InChI is InChI=1S/C17H15FN2O2S2/c18-12-7-9-13(10-8-12)24(21,22)20-11-3-5-15(20)17-19-14-4-1-2-6-16(14)23-17/h1-2,4,6-10,15H,3,5,11H2/t15-/m0/s1. The average Bonchev–Trinajstić information content (AvgIpc) is 3.22. The Balaban J connectivity index is 1.73. The third kappa shape index (κ3) is 2.62. The maximum Gasteiger partial charge on any atom is 0.243 e. The summed E-state index contributed by atoms with van der Waals surface area (Å²) in [5.41, 5.74) is 0.892. The number of sulfonamides is 1. The molecule has 1 aromatic heterocycles. The van der Waals surface area contributed by atoms with Crippen LogP contribution in [0.2, 0.25) is 0 Å². The average molecular weight is 362 g/mol. The van der Waals surface area contributed by atoms with Crippen LogP contribution in [0.4, 0.5) is 4.39 Å². The van der Waals surface area contributed by atoms with Crippen LogP contribution in [0.3, 0.4) is 0 Å². The highest BCUT2D eigenvalue weighted by atomic mass is 32.2. The fourth-order valence-electron chi connectivity index (χ4n) is 3.05. The fourth-order valence-corrected chi connectivity index (χ4v) is 5.89. The first kappa shape index (κ1) is 15.7. The molecular weight excluding hydrogens is 347 g/mol. The van der Waals surface area contributed by atoms with Gasteiger partial charge in [-0.25, -0.2) is 17.8 Å². The van der Waals surface area contributed by atoms with E-state index in [0.29, 0.717) is 6.54 Å². The van der Waals surface area contributed by atoms with Crippen LogP contribution >= 0.6 is 11.3 Å². The van der Waals surface area contributed by atoms with Gasteiger partial charge < -0.3 is 0 Å². The van der Waals surface area contributed by atoms with E-state index in [1.54, 1.807) is 0 Å². The van der Waals surface area contributed by atoms with Crippen LogP contribution in [0.25, 0.3) is 10.2 Å². The lowest BCUT2D eigenvalue weighted by molar-refractivity contribution is 0.396. The summed E-state index contributed by atoms with van der Waals surface area (Å²) < 4.78 is 41.5. The predicted molar refractivity (Wildman–Crippen MR) is 91.9 cm³/mol. The van der Waals surface area contributed by atoms with Gasteiger partial charge in [0.05, 0.1) is 21.2 Å². The number of hydrogen-bond acceptors (Lipinski definition) is 4. The van der Waals surface area contributed by atoms with Crippen molar-refractivity contribution in [3.63, 3.8) is 0 Å². The summed E-state index contributed by atoms with van der Waals surface area (Å²) in [6, 6.07) is 12.5. The lowest BCUT2D eigenvalue weighted by Crippen LogP contribution is -2.30. The Morgan fingerprint density at radius 1 is 1.12 bits per heavy atom. The van der Waals surface area contributed by atoms with Gasteiger partial charge in [0, 0.05) is 6.54 Å². The number of thiazole rings is 1. The van der Waals surface area contributed by atoms with E-state index in [0.717, 1.165) is 28.1 Å². The van der Waals surface area contributed by atoms with Crippen molar-refractivity contribution in [2.45, 2.75) is 23.8 Å². The van der Waals surface area contributed by atoms with Gasteiger partial charge in [-0.15, -0.1) is 11.3 Å². The molecule has 3 aromatic rings. The van der Waals surface area contributed by atoms with Gasteiger partial charge in [0.15, 0.2) is 0 Å². The van der Waals surface area contributed by atoms with E-state index in [9.17, 15) is 12.8 Å².